The summed E-state index contributed by atoms with van der Waals surface area (Å²) in [5.41, 5.74) is 0.419. The van der Waals surface area contributed by atoms with Gasteiger partial charge in [-0.3, -0.25) is 9.69 Å². The van der Waals surface area contributed by atoms with Crippen molar-refractivity contribution in [2.75, 3.05) is 45.9 Å². The Bertz CT molecular complexity index is 704. The quantitative estimate of drug-likeness (QED) is 0.502. The van der Waals surface area contributed by atoms with Crippen LogP contribution in [0, 0.1) is 12.3 Å². The molecule has 0 spiro atoms. The maximum absolute atomic E-state index is 12.1. The first-order valence-electron chi connectivity index (χ1n) is 8.14. The van der Waals surface area contributed by atoms with Crippen molar-refractivity contribution in [3.8, 4) is 12.3 Å². The minimum Gasteiger partial charge on any atom is -0.379 e. The molecule has 0 saturated carbocycles. The molecule has 1 aromatic rings. The molecule has 7 nitrogen and oxygen atoms in total. The van der Waals surface area contributed by atoms with Crippen molar-refractivity contribution in [2.45, 2.75) is 11.3 Å². The molecule has 1 aliphatic heterocycles. The number of morpholine rings is 1. The number of nitrogens with one attached hydrogen (secondary N) is 2. The van der Waals surface area contributed by atoms with Crippen LogP contribution in [0.1, 0.15) is 16.8 Å². The van der Waals surface area contributed by atoms with E-state index in [9.17, 15) is 13.2 Å². The Hall–Kier alpha value is -1.92. The molecule has 2 rings (SSSR count). The molecular formula is C17H23N3O4S. The summed E-state index contributed by atoms with van der Waals surface area (Å²) in [6.07, 6.45) is 5.90. The van der Waals surface area contributed by atoms with Crippen molar-refractivity contribution in [2.24, 2.45) is 0 Å². The van der Waals surface area contributed by atoms with Gasteiger partial charge < -0.3 is 10.1 Å². The van der Waals surface area contributed by atoms with Crippen LogP contribution in [0.5, 0.6) is 0 Å². The van der Waals surface area contributed by atoms with Crippen LogP contribution in [0.3, 0.4) is 0 Å². The third-order valence-corrected chi connectivity index (χ3v) is 5.25. The molecule has 0 bridgehead atoms. The Morgan fingerprint density at radius 1 is 1.24 bits per heavy atom. The van der Waals surface area contributed by atoms with Gasteiger partial charge in [0.05, 0.1) is 24.7 Å². The first-order chi connectivity index (χ1) is 12.0. The van der Waals surface area contributed by atoms with E-state index in [1.807, 2.05) is 0 Å². The summed E-state index contributed by atoms with van der Waals surface area (Å²) in [6.45, 7) is 4.79. The molecule has 25 heavy (non-hydrogen) atoms. The van der Waals surface area contributed by atoms with E-state index in [1.54, 1.807) is 0 Å². The fraction of sp³-hybridized carbons (Fsp3) is 0.471. The van der Waals surface area contributed by atoms with E-state index in [0.717, 1.165) is 39.3 Å². The smallest absolute Gasteiger partial charge is 0.251 e. The van der Waals surface area contributed by atoms with Crippen molar-refractivity contribution >= 4 is 15.9 Å². The van der Waals surface area contributed by atoms with Crippen LogP contribution in [0.15, 0.2) is 29.2 Å². The Labute approximate surface area is 148 Å². The SMILES string of the molecule is C#CCNS(=O)(=O)c1ccc(C(=O)NCCCN2CCOCC2)cc1. The Kier molecular flexibility index (Phi) is 7.40. The molecule has 1 amide bonds. The van der Waals surface area contributed by atoms with E-state index in [-0.39, 0.29) is 17.3 Å². The third-order valence-electron chi connectivity index (χ3n) is 3.83. The van der Waals surface area contributed by atoms with E-state index in [4.69, 9.17) is 11.2 Å². The lowest BCUT2D eigenvalue weighted by atomic mass is 10.2. The van der Waals surface area contributed by atoms with Crippen LogP contribution in [0.4, 0.5) is 0 Å². The predicted molar refractivity (Wildman–Crippen MR) is 94.7 cm³/mol. The summed E-state index contributed by atoms with van der Waals surface area (Å²) < 4.78 is 31.4. The minimum atomic E-state index is -3.64. The number of benzene rings is 1. The number of nitrogens with zero attached hydrogens (tertiary/aromatic N) is 1. The van der Waals surface area contributed by atoms with Crippen LogP contribution in [-0.2, 0) is 14.8 Å². The highest BCUT2D eigenvalue weighted by atomic mass is 32.2. The number of sulfonamides is 1. The van der Waals surface area contributed by atoms with Crippen molar-refractivity contribution < 1.29 is 17.9 Å². The number of amides is 1. The molecule has 0 aliphatic carbocycles. The Balaban J connectivity index is 1.79. The molecule has 1 aliphatic rings. The van der Waals surface area contributed by atoms with E-state index < -0.39 is 10.0 Å². The molecule has 0 atom stereocenters. The maximum Gasteiger partial charge on any atom is 0.251 e. The Morgan fingerprint density at radius 3 is 2.56 bits per heavy atom. The molecule has 1 aromatic carbocycles. The monoisotopic (exact) mass is 365 g/mol. The van der Waals surface area contributed by atoms with E-state index in [0.29, 0.717) is 12.1 Å². The number of carbonyl (C=O) groups is 1. The highest BCUT2D eigenvalue weighted by Gasteiger charge is 2.14. The van der Waals surface area contributed by atoms with Crippen LogP contribution < -0.4 is 10.0 Å². The number of rotatable bonds is 8. The molecular weight excluding hydrogens is 342 g/mol. The summed E-state index contributed by atoms with van der Waals surface area (Å²) in [5.74, 6) is 1.99. The van der Waals surface area contributed by atoms with Gasteiger partial charge in [-0.05, 0) is 37.2 Å². The van der Waals surface area contributed by atoms with Gasteiger partial charge in [0.2, 0.25) is 10.0 Å². The van der Waals surface area contributed by atoms with Gasteiger partial charge in [0.1, 0.15) is 0 Å². The zero-order valence-electron chi connectivity index (χ0n) is 14.0. The fourth-order valence-corrected chi connectivity index (χ4v) is 3.37. The van der Waals surface area contributed by atoms with Gasteiger partial charge in [-0.25, -0.2) is 8.42 Å². The van der Waals surface area contributed by atoms with Gasteiger partial charge in [0, 0.05) is 25.2 Å². The number of hydrogen-bond donors (Lipinski definition) is 2. The largest absolute Gasteiger partial charge is 0.379 e. The summed E-state index contributed by atoms with van der Waals surface area (Å²) >= 11 is 0. The summed E-state index contributed by atoms with van der Waals surface area (Å²) in [6, 6.07) is 5.76. The molecule has 8 heteroatoms. The standard InChI is InChI=1S/C17H23N3O4S/c1-2-8-19-25(22,23)16-6-4-15(5-7-16)17(21)18-9-3-10-20-11-13-24-14-12-20/h1,4-7,19H,3,8-14H2,(H,18,21). The number of carbonyl (C=O) groups excluding carboxylic acids is 1. The van der Waals surface area contributed by atoms with Crippen molar-refractivity contribution in [1.82, 2.24) is 14.9 Å². The van der Waals surface area contributed by atoms with Crippen molar-refractivity contribution in [3.05, 3.63) is 29.8 Å². The second-order valence-electron chi connectivity index (χ2n) is 5.62. The van der Waals surface area contributed by atoms with Crippen molar-refractivity contribution in [3.63, 3.8) is 0 Å². The van der Waals surface area contributed by atoms with Crippen LogP contribution >= 0.6 is 0 Å². The average molecular weight is 365 g/mol. The third kappa shape index (κ3) is 6.14. The molecule has 2 N–H and O–H groups in total. The van der Waals surface area contributed by atoms with Crippen molar-refractivity contribution in [1.29, 1.82) is 0 Å². The average Bonchev–Trinajstić information content (AvgIpc) is 2.64. The second-order valence-corrected chi connectivity index (χ2v) is 7.38. The van der Waals surface area contributed by atoms with Gasteiger partial charge in [-0.15, -0.1) is 6.42 Å². The van der Waals surface area contributed by atoms with Gasteiger partial charge in [-0.1, -0.05) is 5.92 Å². The lowest BCUT2D eigenvalue weighted by Gasteiger charge is -2.26. The zero-order valence-corrected chi connectivity index (χ0v) is 14.8. The molecule has 1 saturated heterocycles. The molecule has 0 aromatic heterocycles. The normalized spacial score (nSPS) is 15.5. The van der Waals surface area contributed by atoms with Gasteiger partial charge >= 0.3 is 0 Å². The van der Waals surface area contributed by atoms with Crippen LogP contribution in [0.2, 0.25) is 0 Å². The fourth-order valence-electron chi connectivity index (χ4n) is 2.44. The summed E-state index contributed by atoms with van der Waals surface area (Å²) in [5, 5.41) is 2.84. The first-order valence-corrected chi connectivity index (χ1v) is 9.63. The number of hydrogen-bond acceptors (Lipinski definition) is 5. The second kappa shape index (κ2) is 9.53. The molecule has 136 valence electrons. The zero-order chi connectivity index (χ0) is 18.1. The molecule has 0 unspecified atom stereocenters. The highest BCUT2D eigenvalue weighted by molar-refractivity contribution is 7.89. The maximum atomic E-state index is 12.1. The topological polar surface area (TPSA) is 87.7 Å². The number of terminal acetylenes is 1. The minimum absolute atomic E-state index is 0.0756. The van der Waals surface area contributed by atoms with Crippen LogP contribution in [0.25, 0.3) is 0 Å². The summed E-state index contributed by atoms with van der Waals surface area (Å²) in [4.78, 5) is 14.5. The van der Waals surface area contributed by atoms with E-state index in [1.165, 1.54) is 24.3 Å². The molecule has 1 fully saturated rings. The Morgan fingerprint density at radius 2 is 1.92 bits per heavy atom. The van der Waals surface area contributed by atoms with Gasteiger partial charge in [-0.2, -0.15) is 4.72 Å². The van der Waals surface area contributed by atoms with E-state index in [2.05, 4.69) is 20.9 Å². The first kappa shape index (κ1) is 19.4. The van der Waals surface area contributed by atoms with Crippen LogP contribution in [-0.4, -0.2) is 65.2 Å². The van der Waals surface area contributed by atoms with E-state index >= 15 is 0 Å². The summed E-state index contributed by atoms with van der Waals surface area (Å²) in [7, 11) is -3.64. The predicted octanol–water partition coefficient (Wildman–Crippen LogP) is 0.0502. The lowest BCUT2D eigenvalue weighted by molar-refractivity contribution is 0.0374. The number of ether oxygens (including phenoxy) is 1. The highest BCUT2D eigenvalue weighted by Crippen LogP contribution is 2.10. The van der Waals surface area contributed by atoms with Gasteiger partial charge in [0.25, 0.3) is 5.91 Å². The molecule has 0 radical (unpaired) electrons. The molecule has 1 heterocycles. The van der Waals surface area contributed by atoms with Gasteiger partial charge in [0.15, 0.2) is 0 Å². The lowest BCUT2D eigenvalue weighted by Crippen LogP contribution is -2.38.